The zero-order valence-corrected chi connectivity index (χ0v) is 13.3. The molecule has 2 aliphatic heterocycles. The lowest BCUT2D eigenvalue weighted by atomic mass is 9.77. The second-order valence-corrected chi connectivity index (χ2v) is 7.45. The molecule has 0 bridgehead atoms. The van der Waals surface area contributed by atoms with Crippen molar-refractivity contribution in [2.75, 3.05) is 19.6 Å². The molecule has 112 valence electrons. The van der Waals surface area contributed by atoms with Crippen molar-refractivity contribution in [1.82, 2.24) is 4.90 Å². The van der Waals surface area contributed by atoms with E-state index in [1.54, 1.807) is 0 Å². The molecule has 0 spiro atoms. The second-order valence-electron chi connectivity index (χ2n) is 7.45. The Balaban J connectivity index is 2.32. The van der Waals surface area contributed by atoms with Crippen molar-refractivity contribution < 1.29 is 9.47 Å². The van der Waals surface area contributed by atoms with Crippen LogP contribution in [0.25, 0.3) is 0 Å². The van der Waals surface area contributed by atoms with Crippen molar-refractivity contribution in [3.63, 3.8) is 0 Å². The van der Waals surface area contributed by atoms with E-state index in [4.69, 9.17) is 15.2 Å². The molecule has 0 aromatic rings. The third-order valence-electron chi connectivity index (χ3n) is 4.73. The molecular weight excluding hydrogens is 240 g/mol. The van der Waals surface area contributed by atoms with Crippen molar-refractivity contribution in [3.8, 4) is 0 Å². The zero-order valence-electron chi connectivity index (χ0n) is 13.3. The minimum Gasteiger partial charge on any atom is -0.373 e. The summed E-state index contributed by atoms with van der Waals surface area (Å²) >= 11 is 0. The molecule has 0 amide bonds. The SMILES string of the molecule is CC1CN(C2(CN)CC(C)(C)OC2(C)C)CC(C)O1. The van der Waals surface area contributed by atoms with Crippen LogP contribution in [0.2, 0.25) is 0 Å². The third-order valence-corrected chi connectivity index (χ3v) is 4.73. The molecule has 4 nitrogen and oxygen atoms in total. The van der Waals surface area contributed by atoms with Gasteiger partial charge in [-0.3, -0.25) is 4.90 Å². The third kappa shape index (κ3) is 2.56. The molecule has 2 heterocycles. The summed E-state index contributed by atoms with van der Waals surface area (Å²) in [7, 11) is 0. The van der Waals surface area contributed by atoms with Gasteiger partial charge in [0.05, 0.1) is 28.9 Å². The Morgan fingerprint density at radius 3 is 2.00 bits per heavy atom. The molecule has 19 heavy (non-hydrogen) atoms. The standard InChI is InChI=1S/C15H30N2O2/c1-11-7-17(8-12(2)18-11)15(10-16)9-13(3,4)19-14(15,5)6/h11-12H,7-10,16H2,1-6H3. The Kier molecular flexibility index (Phi) is 3.76. The van der Waals surface area contributed by atoms with Gasteiger partial charge in [-0.05, 0) is 48.0 Å². The number of hydrogen-bond donors (Lipinski definition) is 1. The van der Waals surface area contributed by atoms with E-state index < -0.39 is 0 Å². The van der Waals surface area contributed by atoms with Crippen LogP contribution in [0.4, 0.5) is 0 Å². The molecule has 2 N–H and O–H groups in total. The number of morpholine rings is 1. The van der Waals surface area contributed by atoms with Crippen LogP contribution in [-0.4, -0.2) is 53.5 Å². The normalized spacial score (nSPS) is 42.5. The Hall–Kier alpha value is -0.160. The van der Waals surface area contributed by atoms with Gasteiger partial charge in [-0.2, -0.15) is 0 Å². The number of ether oxygens (including phenoxy) is 2. The summed E-state index contributed by atoms with van der Waals surface area (Å²) in [5.74, 6) is 0. The minimum absolute atomic E-state index is 0.0944. The van der Waals surface area contributed by atoms with Crippen molar-refractivity contribution in [2.24, 2.45) is 5.73 Å². The summed E-state index contributed by atoms with van der Waals surface area (Å²) in [6.45, 7) is 15.5. The van der Waals surface area contributed by atoms with Crippen LogP contribution in [-0.2, 0) is 9.47 Å². The maximum Gasteiger partial charge on any atom is 0.0830 e. The van der Waals surface area contributed by atoms with E-state index in [1.807, 2.05) is 0 Å². The number of nitrogens with zero attached hydrogens (tertiary/aromatic N) is 1. The van der Waals surface area contributed by atoms with Crippen LogP contribution in [0, 0.1) is 0 Å². The molecule has 2 fully saturated rings. The first-order valence-electron chi connectivity index (χ1n) is 7.43. The first-order chi connectivity index (χ1) is 8.62. The van der Waals surface area contributed by atoms with Crippen molar-refractivity contribution in [1.29, 1.82) is 0 Å². The van der Waals surface area contributed by atoms with Gasteiger partial charge in [-0.1, -0.05) is 0 Å². The van der Waals surface area contributed by atoms with Gasteiger partial charge in [-0.25, -0.2) is 0 Å². The fourth-order valence-electron chi connectivity index (χ4n) is 4.21. The van der Waals surface area contributed by atoms with Gasteiger partial charge >= 0.3 is 0 Å². The second kappa shape index (κ2) is 4.69. The van der Waals surface area contributed by atoms with E-state index in [-0.39, 0.29) is 28.9 Å². The topological polar surface area (TPSA) is 47.7 Å². The average molecular weight is 270 g/mol. The van der Waals surface area contributed by atoms with Gasteiger partial charge in [0.2, 0.25) is 0 Å². The van der Waals surface area contributed by atoms with E-state index >= 15 is 0 Å². The van der Waals surface area contributed by atoms with E-state index in [9.17, 15) is 0 Å². The summed E-state index contributed by atoms with van der Waals surface area (Å²) in [5.41, 5.74) is 5.78. The van der Waals surface area contributed by atoms with Crippen molar-refractivity contribution in [2.45, 2.75) is 76.9 Å². The van der Waals surface area contributed by atoms with Crippen molar-refractivity contribution >= 4 is 0 Å². The highest BCUT2D eigenvalue weighted by Gasteiger charge is 2.59. The zero-order chi connectivity index (χ0) is 14.5. The highest BCUT2D eigenvalue weighted by atomic mass is 16.5. The van der Waals surface area contributed by atoms with Crippen LogP contribution in [0.5, 0.6) is 0 Å². The molecule has 2 saturated heterocycles. The average Bonchev–Trinajstić information content (AvgIpc) is 2.42. The Labute approximate surface area is 117 Å². The number of hydrogen-bond acceptors (Lipinski definition) is 4. The van der Waals surface area contributed by atoms with E-state index in [0.29, 0.717) is 6.54 Å². The Morgan fingerprint density at radius 1 is 1.11 bits per heavy atom. The summed E-state index contributed by atoms with van der Waals surface area (Å²) in [5, 5.41) is 0. The quantitative estimate of drug-likeness (QED) is 0.831. The van der Waals surface area contributed by atoms with Crippen LogP contribution in [0.1, 0.15) is 48.0 Å². The monoisotopic (exact) mass is 270 g/mol. The van der Waals surface area contributed by atoms with Gasteiger partial charge in [0.15, 0.2) is 0 Å². The first-order valence-corrected chi connectivity index (χ1v) is 7.43. The molecule has 3 atom stereocenters. The molecule has 2 rings (SSSR count). The van der Waals surface area contributed by atoms with Crippen LogP contribution in [0.3, 0.4) is 0 Å². The highest BCUT2D eigenvalue weighted by Crippen LogP contribution is 2.48. The van der Waals surface area contributed by atoms with Crippen molar-refractivity contribution in [3.05, 3.63) is 0 Å². The lowest BCUT2D eigenvalue weighted by Gasteiger charge is -2.51. The van der Waals surface area contributed by atoms with Crippen LogP contribution in [0.15, 0.2) is 0 Å². The fourth-order valence-corrected chi connectivity index (χ4v) is 4.21. The largest absolute Gasteiger partial charge is 0.373 e. The van der Waals surface area contributed by atoms with Gasteiger partial charge < -0.3 is 15.2 Å². The van der Waals surface area contributed by atoms with Crippen LogP contribution < -0.4 is 5.73 Å². The maximum atomic E-state index is 6.30. The predicted molar refractivity (Wildman–Crippen MR) is 77.2 cm³/mol. The lowest BCUT2D eigenvalue weighted by molar-refractivity contribution is -0.143. The smallest absolute Gasteiger partial charge is 0.0830 e. The van der Waals surface area contributed by atoms with E-state index in [1.165, 1.54) is 0 Å². The van der Waals surface area contributed by atoms with E-state index in [2.05, 4.69) is 46.4 Å². The van der Waals surface area contributed by atoms with Gasteiger partial charge in [0.25, 0.3) is 0 Å². The molecule has 4 heteroatoms. The maximum absolute atomic E-state index is 6.30. The van der Waals surface area contributed by atoms with Gasteiger partial charge in [0.1, 0.15) is 0 Å². The van der Waals surface area contributed by atoms with E-state index in [0.717, 1.165) is 19.5 Å². The molecule has 0 aromatic carbocycles. The summed E-state index contributed by atoms with van der Waals surface area (Å²) in [6, 6.07) is 0. The van der Waals surface area contributed by atoms with Crippen LogP contribution >= 0.6 is 0 Å². The van der Waals surface area contributed by atoms with Gasteiger partial charge in [-0.15, -0.1) is 0 Å². The summed E-state index contributed by atoms with van der Waals surface area (Å²) in [6.07, 6.45) is 1.49. The molecule has 0 saturated carbocycles. The Bertz CT molecular complexity index is 333. The molecule has 0 radical (unpaired) electrons. The number of nitrogens with two attached hydrogens (primary N) is 1. The molecular formula is C15H30N2O2. The summed E-state index contributed by atoms with van der Waals surface area (Å²) < 4.78 is 12.2. The molecule has 3 unspecified atom stereocenters. The molecule has 2 aliphatic rings. The Morgan fingerprint density at radius 2 is 1.63 bits per heavy atom. The van der Waals surface area contributed by atoms with Gasteiger partial charge in [0, 0.05) is 19.6 Å². The molecule has 0 aromatic heterocycles. The lowest BCUT2D eigenvalue weighted by Crippen LogP contribution is -2.67. The first kappa shape index (κ1) is 15.2. The summed E-state index contributed by atoms with van der Waals surface area (Å²) in [4.78, 5) is 2.51. The molecule has 0 aliphatic carbocycles. The minimum atomic E-state index is -0.234. The highest BCUT2D eigenvalue weighted by molar-refractivity contribution is 5.14. The number of rotatable bonds is 2. The predicted octanol–water partition coefficient (Wildman–Crippen LogP) is 1.77. The fraction of sp³-hybridized carbons (Fsp3) is 1.00.